The second kappa shape index (κ2) is 6.58. The molecule has 2 N–H and O–H groups in total. The van der Waals surface area contributed by atoms with E-state index in [0.717, 1.165) is 12.2 Å². The number of rotatable bonds is 5. The van der Waals surface area contributed by atoms with Crippen molar-refractivity contribution >= 4 is 0 Å². The number of hydrogen-bond acceptors (Lipinski definition) is 2. The van der Waals surface area contributed by atoms with Crippen LogP contribution in [-0.4, -0.2) is 6.10 Å². The molecule has 0 saturated carbocycles. The molecular weight excluding hydrogens is 246 g/mol. The van der Waals surface area contributed by atoms with Gasteiger partial charge in [-0.1, -0.05) is 43.3 Å². The highest BCUT2D eigenvalue weighted by Crippen LogP contribution is 2.26. The van der Waals surface area contributed by atoms with Gasteiger partial charge in [-0.15, -0.1) is 0 Å². The third kappa shape index (κ3) is 3.61. The number of ether oxygens (including phenoxy) is 1. The summed E-state index contributed by atoms with van der Waals surface area (Å²) in [5, 5.41) is 0. The lowest BCUT2D eigenvalue weighted by atomic mass is 10.00. The molecule has 0 aromatic heterocycles. The van der Waals surface area contributed by atoms with Gasteiger partial charge in [-0.3, -0.25) is 0 Å². The van der Waals surface area contributed by atoms with E-state index in [4.69, 9.17) is 10.5 Å². The Hall–Kier alpha value is -1.80. The second-order valence-corrected chi connectivity index (χ2v) is 5.33. The molecule has 2 nitrogen and oxygen atoms in total. The van der Waals surface area contributed by atoms with Crippen LogP contribution in [0, 0.1) is 0 Å². The molecule has 0 amide bonds. The summed E-state index contributed by atoms with van der Waals surface area (Å²) in [6.07, 6.45) is 1.15. The van der Waals surface area contributed by atoms with Crippen LogP contribution in [0.3, 0.4) is 0 Å². The Labute approximate surface area is 121 Å². The maximum absolute atomic E-state index is 6.04. The van der Waals surface area contributed by atoms with Crippen LogP contribution in [0.4, 0.5) is 0 Å². The van der Waals surface area contributed by atoms with Crippen molar-refractivity contribution in [3.05, 3.63) is 54.1 Å². The van der Waals surface area contributed by atoms with Gasteiger partial charge in [0, 0.05) is 6.04 Å². The maximum Gasteiger partial charge on any atom is 0.120 e. The highest BCUT2D eigenvalue weighted by atomic mass is 16.5. The normalized spacial score (nSPS) is 12.4. The fraction of sp³-hybridized carbons (Fsp3) is 0.333. The van der Waals surface area contributed by atoms with E-state index in [1.807, 2.05) is 26.0 Å². The number of nitrogens with two attached hydrogens (primary N) is 1. The zero-order valence-corrected chi connectivity index (χ0v) is 12.5. The average Bonchev–Trinajstić information content (AvgIpc) is 2.46. The predicted molar refractivity (Wildman–Crippen MR) is 84.9 cm³/mol. The van der Waals surface area contributed by atoms with Crippen molar-refractivity contribution in [1.29, 1.82) is 0 Å². The lowest BCUT2D eigenvalue weighted by Crippen LogP contribution is -2.08. The zero-order valence-electron chi connectivity index (χ0n) is 12.5. The molecule has 0 heterocycles. The van der Waals surface area contributed by atoms with E-state index in [9.17, 15) is 0 Å². The van der Waals surface area contributed by atoms with Crippen molar-refractivity contribution in [2.75, 3.05) is 0 Å². The second-order valence-electron chi connectivity index (χ2n) is 5.33. The molecule has 2 aromatic rings. The molecule has 1 atom stereocenters. The third-order valence-electron chi connectivity index (χ3n) is 3.32. The average molecular weight is 269 g/mol. The van der Waals surface area contributed by atoms with Crippen molar-refractivity contribution in [2.45, 2.75) is 39.3 Å². The molecule has 0 spiro atoms. The molecule has 1 unspecified atom stereocenters. The Balaban J connectivity index is 2.23. The van der Waals surface area contributed by atoms with Crippen LogP contribution in [0.1, 0.15) is 38.8 Å². The zero-order chi connectivity index (χ0) is 14.5. The summed E-state index contributed by atoms with van der Waals surface area (Å²) < 4.78 is 5.74. The minimum Gasteiger partial charge on any atom is -0.491 e. The van der Waals surface area contributed by atoms with Gasteiger partial charge in [0.15, 0.2) is 0 Å². The lowest BCUT2D eigenvalue weighted by Gasteiger charge is -2.12. The fourth-order valence-corrected chi connectivity index (χ4v) is 2.18. The van der Waals surface area contributed by atoms with E-state index in [1.165, 1.54) is 16.7 Å². The van der Waals surface area contributed by atoms with Gasteiger partial charge in [0.2, 0.25) is 0 Å². The molecular formula is C18H23NO. The van der Waals surface area contributed by atoms with E-state index in [1.54, 1.807) is 0 Å². The van der Waals surface area contributed by atoms with Gasteiger partial charge in [0.25, 0.3) is 0 Å². The van der Waals surface area contributed by atoms with Gasteiger partial charge in [0.1, 0.15) is 5.75 Å². The molecule has 2 rings (SSSR count). The first-order valence-corrected chi connectivity index (χ1v) is 7.22. The van der Waals surface area contributed by atoms with Crippen LogP contribution in [0.15, 0.2) is 48.5 Å². The standard InChI is InChI=1S/C18H23NO/c1-4-18(19)15-10-8-14(9-11-15)16-6-5-7-17(12-16)20-13(2)3/h5-13,18H,4,19H2,1-3H3. The first-order chi connectivity index (χ1) is 9.60. The Morgan fingerprint density at radius 1 is 1.00 bits per heavy atom. The summed E-state index contributed by atoms with van der Waals surface area (Å²) in [6.45, 7) is 6.17. The quantitative estimate of drug-likeness (QED) is 0.864. The molecule has 20 heavy (non-hydrogen) atoms. The summed E-state index contributed by atoms with van der Waals surface area (Å²) in [4.78, 5) is 0. The first-order valence-electron chi connectivity index (χ1n) is 7.22. The molecule has 2 heteroatoms. The SMILES string of the molecule is CCC(N)c1ccc(-c2cccc(OC(C)C)c2)cc1. The Morgan fingerprint density at radius 2 is 1.70 bits per heavy atom. The highest BCUT2D eigenvalue weighted by Gasteiger charge is 2.05. The Bertz CT molecular complexity index is 546. The summed E-state index contributed by atoms with van der Waals surface area (Å²) in [5.74, 6) is 0.909. The lowest BCUT2D eigenvalue weighted by molar-refractivity contribution is 0.242. The van der Waals surface area contributed by atoms with Gasteiger partial charge in [0.05, 0.1) is 6.10 Å². The topological polar surface area (TPSA) is 35.2 Å². The Kier molecular flexibility index (Phi) is 4.80. The van der Waals surface area contributed by atoms with Gasteiger partial charge in [-0.25, -0.2) is 0 Å². The van der Waals surface area contributed by atoms with Crippen LogP contribution >= 0.6 is 0 Å². The number of benzene rings is 2. The van der Waals surface area contributed by atoms with E-state index >= 15 is 0 Å². The maximum atomic E-state index is 6.04. The third-order valence-corrected chi connectivity index (χ3v) is 3.32. The molecule has 2 aromatic carbocycles. The van der Waals surface area contributed by atoms with Crippen molar-refractivity contribution in [2.24, 2.45) is 5.73 Å². The molecule has 0 aliphatic carbocycles. The van der Waals surface area contributed by atoms with Crippen LogP contribution in [0.5, 0.6) is 5.75 Å². The molecule has 0 aliphatic rings. The van der Waals surface area contributed by atoms with Crippen LogP contribution in [0.25, 0.3) is 11.1 Å². The van der Waals surface area contributed by atoms with Crippen molar-refractivity contribution < 1.29 is 4.74 Å². The largest absolute Gasteiger partial charge is 0.491 e. The molecule has 106 valence electrons. The summed E-state index contributed by atoms with van der Waals surface area (Å²) >= 11 is 0. The molecule has 0 radical (unpaired) electrons. The van der Waals surface area contributed by atoms with Gasteiger partial charge in [-0.2, -0.15) is 0 Å². The van der Waals surface area contributed by atoms with Gasteiger partial charge >= 0.3 is 0 Å². The summed E-state index contributed by atoms with van der Waals surface area (Å²) in [6, 6.07) is 16.8. The van der Waals surface area contributed by atoms with Crippen molar-refractivity contribution in [3.8, 4) is 16.9 Å². The van der Waals surface area contributed by atoms with Crippen LogP contribution in [-0.2, 0) is 0 Å². The predicted octanol–water partition coefficient (Wildman–Crippen LogP) is 4.55. The highest BCUT2D eigenvalue weighted by molar-refractivity contribution is 5.65. The minimum absolute atomic E-state index is 0.125. The van der Waals surface area contributed by atoms with Gasteiger partial charge in [-0.05, 0) is 49.1 Å². The van der Waals surface area contributed by atoms with Crippen LogP contribution < -0.4 is 10.5 Å². The van der Waals surface area contributed by atoms with Crippen LogP contribution in [0.2, 0.25) is 0 Å². The molecule has 0 bridgehead atoms. The molecule has 0 fully saturated rings. The number of hydrogen-bond donors (Lipinski definition) is 1. The Morgan fingerprint density at radius 3 is 2.30 bits per heavy atom. The monoisotopic (exact) mass is 269 g/mol. The summed E-state index contributed by atoms with van der Waals surface area (Å²) in [5.41, 5.74) is 9.58. The molecule has 0 saturated heterocycles. The fourth-order valence-electron chi connectivity index (χ4n) is 2.18. The van der Waals surface area contributed by atoms with E-state index < -0.39 is 0 Å². The van der Waals surface area contributed by atoms with E-state index in [0.29, 0.717) is 0 Å². The van der Waals surface area contributed by atoms with E-state index in [2.05, 4.69) is 43.3 Å². The first kappa shape index (κ1) is 14.6. The molecule has 0 aliphatic heterocycles. The van der Waals surface area contributed by atoms with Crippen molar-refractivity contribution in [1.82, 2.24) is 0 Å². The van der Waals surface area contributed by atoms with Gasteiger partial charge < -0.3 is 10.5 Å². The summed E-state index contributed by atoms with van der Waals surface area (Å²) in [7, 11) is 0. The van der Waals surface area contributed by atoms with Crippen molar-refractivity contribution in [3.63, 3.8) is 0 Å². The minimum atomic E-state index is 0.125. The smallest absolute Gasteiger partial charge is 0.120 e. The van der Waals surface area contributed by atoms with E-state index in [-0.39, 0.29) is 12.1 Å².